The van der Waals surface area contributed by atoms with Gasteiger partial charge in [0.25, 0.3) is 0 Å². The SMILES string of the molecule is Cc1nc(Cl)nc(N)c1C. The van der Waals surface area contributed by atoms with Crippen molar-refractivity contribution in [3.63, 3.8) is 0 Å². The summed E-state index contributed by atoms with van der Waals surface area (Å²) >= 11 is 5.52. The van der Waals surface area contributed by atoms with Crippen molar-refractivity contribution in [1.82, 2.24) is 9.97 Å². The van der Waals surface area contributed by atoms with E-state index >= 15 is 0 Å². The number of halogens is 1. The molecule has 0 aliphatic carbocycles. The van der Waals surface area contributed by atoms with Crippen LogP contribution < -0.4 is 5.73 Å². The van der Waals surface area contributed by atoms with Gasteiger partial charge in [-0.1, -0.05) is 0 Å². The number of hydrogen-bond donors (Lipinski definition) is 1. The monoisotopic (exact) mass is 157 g/mol. The molecule has 0 radical (unpaired) electrons. The van der Waals surface area contributed by atoms with E-state index in [2.05, 4.69) is 9.97 Å². The number of hydrogen-bond acceptors (Lipinski definition) is 3. The standard InChI is InChI=1S/C6H8ClN3/c1-3-4(2)9-6(7)10-5(3)8/h1-2H3,(H2,8,9,10). The van der Waals surface area contributed by atoms with Gasteiger partial charge in [-0.15, -0.1) is 0 Å². The third kappa shape index (κ3) is 1.19. The highest BCUT2D eigenvalue weighted by Crippen LogP contribution is 2.12. The molecular formula is C6H8ClN3. The van der Waals surface area contributed by atoms with Gasteiger partial charge >= 0.3 is 0 Å². The van der Waals surface area contributed by atoms with Gasteiger partial charge in [0.15, 0.2) is 0 Å². The second kappa shape index (κ2) is 2.42. The molecule has 2 N–H and O–H groups in total. The third-order valence-corrected chi connectivity index (χ3v) is 1.57. The van der Waals surface area contributed by atoms with Gasteiger partial charge in [-0.3, -0.25) is 0 Å². The fraction of sp³-hybridized carbons (Fsp3) is 0.333. The Morgan fingerprint density at radius 3 is 2.40 bits per heavy atom. The zero-order valence-electron chi connectivity index (χ0n) is 5.85. The van der Waals surface area contributed by atoms with E-state index in [-0.39, 0.29) is 5.28 Å². The number of anilines is 1. The third-order valence-electron chi connectivity index (χ3n) is 1.40. The Balaban J connectivity index is 3.31. The van der Waals surface area contributed by atoms with Crippen molar-refractivity contribution in [2.75, 3.05) is 5.73 Å². The lowest BCUT2D eigenvalue weighted by Crippen LogP contribution is -1.99. The van der Waals surface area contributed by atoms with Crippen molar-refractivity contribution < 1.29 is 0 Å². The quantitative estimate of drug-likeness (QED) is 0.578. The molecule has 0 aliphatic rings. The normalized spacial score (nSPS) is 9.90. The van der Waals surface area contributed by atoms with Gasteiger partial charge in [-0.25, -0.2) is 9.97 Å². The molecular weight excluding hydrogens is 150 g/mol. The molecule has 0 unspecified atom stereocenters. The molecule has 4 heteroatoms. The van der Waals surface area contributed by atoms with Crippen LogP contribution in [0.15, 0.2) is 0 Å². The molecule has 0 aliphatic heterocycles. The Bertz CT molecular complexity index is 236. The topological polar surface area (TPSA) is 51.8 Å². The van der Waals surface area contributed by atoms with E-state index in [1.165, 1.54) is 0 Å². The average molecular weight is 158 g/mol. The number of rotatable bonds is 0. The minimum Gasteiger partial charge on any atom is -0.383 e. The van der Waals surface area contributed by atoms with E-state index in [0.717, 1.165) is 11.3 Å². The molecule has 1 heterocycles. The average Bonchev–Trinajstić information content (AvgIpc) is 1.82. The Morgan fingerprint density at radius 2 is 1.90 bits per heavy atom. The second-order valence-corrected chi connectivity index (χ2v) is 2.43. The molecule has 0 amide bonds. The van der Waals surface area contributed by atoms with Crippen LogP contribution >= 0.6 is 11.6 Å². The van der Waals surface area contributed by atoms with Crippen LogP contribution in [-0.4, -0.2) is 9.97 Å². The molecule has 0 saturated carbocycles. The van der Waals surface area contributed by atoms with Crippen molar-refractivity contribution in [2.24, 2.45) is 0 Å². The summed E-state index contributed by atoms with van der Waals surface area (Å²) in [6, 6.07) is 0. The highest BCUT2D eigenvalue weighted by molar-refractivity contribution is 6.28. The maximum atomic E-state index is 5.52. The number of aryl methyl sites for hydroxylation is 1. The fourth-order valence-corrected chi connectivity index (χ4v) is 0.834. The lowest BCUT2D eigenvalue weighted by atomic mass is 10.2. The van der Waals surface area contributed by atoms with Crippen molar-refractivity contribution in [3.05, 3.63) is 16.5 Å². The first kappa shape index (κ1) is 7.28. The van der Waals surface area contributed by atoms with E-state index in [1.807, 2.05) is 13.8 Å². The molecule has 10 heavy (non-hydrogen) atoms. The van der Waals surface area contributed by atoms with Crippen molar-refractivity contribution in [1.29, 1.82) is 0 Å². The predicted molar refractivity (Wildman–Crippen MR) is 40.9 cm³/mol. The minimum absolute atomic E-state index is 0.209. The first-order valence-corrected chi connectivity index (χ1v) is 3.25. The van der Waals surface area contributed by atoms with Crippen LogP contribution in [0.5, 0.6) is 0 Å². The van der Waals surface area contributed by atoms with Crippen LogP contribution in [0, 0.1) is 13.8 Å². The highest BCUT2D eigenvalue weighted by atomic mass is 35.5. The summed E-state index contributed by atoms with van der Waals surface area (Å²) in [5.74, 6) is 0.456. The van der Waals surface area contributed by atoms with E-state index in [9.17, 15) is 0 Å². The van der Waals surface area contributed by atoms with Crippen LogP contribution in [0.4, 0.5) is 5.82 Å². The molecule has 3 nitrogen and oxygen atoms in total. The summed E-state index contributed by atoms with van der Waals surface area (Å²) < 4.78 is 0. The van der Waals surface area contributed by atoms with Crippen LogP contribution in [0.3, 0.4) is 0 Å². The Morgan fingerprint density at radius 1 is 1.30 bits per heavy atom. The molecule has 0 saturated heterocycles. The number of nitrogen functional groups attached to an aromatic ring is 1. The molecule has 1 aromatic heterocycles. The molecule has 1 aromatic rings. The van der Waals surface area contributed by atoms with Crippen LogP contribution in [0.2, 0.25) is 5.28 Å². The number of nitrogens with zero attached hydrogens (tertiary/aromatic N) is 2. The lowest BCUT2D eigenvalue weighted by molar-refractivity contribution is 1.07. The first-order valence-electron chi connectivity index (χ1n) is 2.87. The predicted octanol–water partition coefficient (Wildman–Crippen LogP) is 1.33. The van der Waals surface area contributed by atoms with Gasteiger partial charge in [0, 0.05) is 11.3 Å². The lowest BCUT2D eigenvalue weighted by Gasteiger charge is -2.00. The summed E-state index contributed by atoms with van der Waals surface area (Å²) in [4.78, 5) is 7.67. The van der Waals surface area contributed by atoms with Gasteiger partial charge in [0.1, 0.15) is 5.82 Å². The van der Waals surface area contributed by atoms with E-state index in [0.29, 0.717) is 5.82 Å². The van der Waals surface area contributed by atoms with Gasteiger partial charge in [-0.05, 0) is 25.4 Å². The van der Waals surface area contributed by atoms with Crippen LogP contribution in [0.1, 0.15) is 11.3 Å². The van der Waals surface area contributed by atoms with Gasteiger partial charge in [-0.2, -0.15) is 0 Å². The highest BCUT2D eigenvalue weighted by Gasteiger charge is 2.01. The van der Waals surface area contributed by atoms with Crippen LogP contribution in [-0.2, 0) is 0 Å². The van der Waals surface area contributed by atoms with Gasteiger partial charge in [0.2, 0.25) is 5.28 Å². The molecule has 0 aromatic carbocycles. The molecule has 54 valence electrons. The molecule has 0 fully saturated rings. The van der Waals surface area contributed by atoms with Crippen molar-refractivity contribution in [3.8, 4) is 0 Å². The fourth-order valence-electron chi connectivity index (χ4n) is 0.616. The zero-order valence-corrected chi connectivity index (χ0v) is 6.61. The Labute approximate surface area is 64.2 Å². The minimum atomic E-state index is 0.209. The Hall–Kier alpha value is -0.830. The number of aromatic nitrogens is 2. The smallest absolute Gasteiger partial charge is 0.224 e. The van der Waals surface area contributed by atoms with Crippen molar-refractivity contribution in [2.45, 2.75) is 13.8 Å². The first-order chi connectivity index (χ1) is 4.61. The van der Waals surface area contributed by atoms with Gasteiger partial charge in [0.05, 0.1) is 0 Å². The summed E-state index contributed by atoms with van der Waals surface area (Å²) in [6.07, 6.45) is 0. The van der Waals surface area contributed by atoms with Crippen molar-refractivity contribution >= 4 is 17.4 Å². The summed E-state index contributed by atoms with van der Waals surface area (Å²) in [7, 11) is 0. The van der Waals surface area contributed by atoms with E-state index in [4.69, 9.17) is 17.3 Å². The van der Waals surface area contributed by atoms with E-state index < -0.39 is 0 Å². The van der Waals surface area contributed by atoms with E-state index in [1.54, 1.807) is 0 Å². The zero-order chi connectivity index (χ0) is 7.72. The summed E-state index contributed by atoms with van der Waals surface area (Å²) in [5, 5.41) is 0.209. The maximum absolute atomic E-state index is 5.52. The summed E-state index contributed by atoms with van der Waals surface area (Å²) in [6.45, 7) is 3.71. The molecule has 0 spiro atoms. The second-order valence-electron chi connectivity index (χ2n) is 2.09. The molecule has 0 atom stereocenters. The largest absolute Gasteiger partial charge is 0.383 e. The maximum Gasteiger partial charge on any atom is 0.224 e. The summed E-state index contributed by atoms with van der Waals surface area (Å²) in [5.41, 5.74) is 7.21. The van der Waals surface area contributed by atoms with Crippen LogP contribution in [0.25, 0.3) is 0 Å². The molecule has 0 bridgehead atoms. The molecule has 1 rings (SSSR count). The number of nitrogens with two attached hydrogens (primary N) is 1. The Kier molecular flexibility index (Phi) is 1.76. The van der Waals surface area contributed by atoms with Gasteiger partial charge < -0.3 is 5.73 Å².